The molecule has 0 fully saturated rings. The lowest BCUT2D eigenvalue weighted by Gasteiger charge is -2.11. The summed E-state index contributed by atoms with van der Waals surface area (Å²) in [6, 6.07) is 77.0. The highest BCUT2D eigenvalue weighted by Gasteiger charge is 2.18. The van der Waals surface area contributed by atoms with Crippen molar-refractivity contribution in [1.82, 2.24) is 15.0 Å². The zero-order valence-corrected chi connectivity index (χ0v) is 34.0. The minimum Gasteiger partial charge on any atom is -0.456 e. The lowest BCUT2D eigenvalue weighted by atomic mass is 9.96. The van der Waals surface area contributed by atoms with E-state index in [2.05, 4.69) is 146 Å². The quantitative estimate of drug-likeness (QED) is 0.153. The van der Waals surface area contributed by atoms with Crippen molar-refractivity contribution in [2.24, 2.45) is 0 Å². The second kappa shape index (κ2) is 16.0. The molecule has 0 N–H and O–H groups in total. The smallest absolute Gasteiger partial charge is 0.164 e. The van der Waals surface area contributed by atoms with Crippen LogP contribution in [0.2, 0.25) is 0 Å². The highest BCUT2D eigenvalue weighted by atomic mass is 16.3. The van der Waals surface area contributed by atoms with Crippen LogP contribution < -0.4 is 0 Å². The highest BCUT2D eigenvalue weighted by molar-refractivity contribution is 6.13. The summed E-state index contributed by atoms with van der Waals surface area (Å²) in [7, 11) is 0. The van der Waals surface area contributed by atoms with E-state index in [4.69, 9.17) is 19.4 Å². The van der Waals surface area contributed by atoms with E-state index >= 15 is 0 Å². The van der Waals surface area contributed by atoms with Gasteiger partial charge in [0.05, 0.1) is 11.6 Å². The van der Waals surface area contributed by atoms with Gasteiger partial charge in [0, 0.05) is 27.5 Å². The number of aromatic nitrogens is 3. The molecule has 0 radical (unpaired) electrons. The summed E-state index contributed by atoms with van der Waals surface area (Å²) in [5.41, 5.74) is 15.4. The third kappa shape index (κ3) is 7.22. The Labute approximate surface area is 364 Å². The first kappa shape index (κ1) is 37.3. The van der Waals surface area contributed by atoms with E-state index in [1.807, 2.05) is 78.9 Å². The first-order chi connectivity index (χ1) is 31.1. The molecule has 0 unspecified atom stereocenters. The molecule has 5 heteroatoms. The van der Waals surface area contributed by atoms with Crippen molar-refractivity contribution < 1.29 is 4.42 Å². The zero-order chi connectivity index (χ0) is 42.1. The predicted molar refractivity (Wildman–Crippen MR) is 255 cm³/mol. The molecule has 2 heterocycles. The molecule has 0 atom stereocenters. The molecule has 63 heavy (non-hydrogen) atoms. The van der Waals surface area contributed by atoms with Gasteiger partial charge in [0.25, 0.3) is 0 Å². The lowest BCUT2D eigenvalue weighted by Crippen LogP contribution is -2.00. The first-order valence-electron chi connectivity index (χ1n) is 20.9. The van der Waals surface area contributed by atoms with E-state index in [-0.39, 0.29) is 0 Å². The standard InChI is InChI=1S/C58H36N4O/c59-37-49-18-7-8-27-50(49)44-23-12-26-47(35-44)57-60-56(46-25-11-22-43(34-46)42-21-9-19-40(32-42)38-14-3-1-4-15-38)61-58(62-57)48-30-31-52-54(36-48)63-53-29-13-28-51(55(52)53)45-24-10-20-41(33-45)39-16-5-2-6-17-39/h1-36H. The van der Waals surface area contributed by atoms with Crippen LogP contribution in [0.25, 0.3) is 112 Å². The van der Waals surface area contributed by atoms with Crippen LogP contribution in [0.15, 0.2) is 223 Å². The van der Waals surface area contributed by atoms with Crippen LogP contribution in [0.4, 0.5) is 0 Å². The van der Waals surface area contributed by atoms with Gasteiger partial charge in [-0.1, -0.05) is 170 Å². The van der Waals surface area contributed by atoms with E-state index < -0.39 is 0 Å². The fourth-order valence-electron chi connectivity index (χ4n) is 8.47. The summed E-state index contributed by atoms with van der Waals surface area (Å²) in [6.07, 6.45) is 0. The SMILES string of the molecule is N#Cc1ccccc1-c1cccc(-c2nc(-c3cccc(-c4cccc(-c5ccccc5)c4)c3)nc(-c3ccc4c(c3)oc3cccc(-c5cccc(-c6ccccc6)c5)c34)n2)c1. The van der Waals surface area contributed by atoms with Gasteiger partial charge in [-0.15, -0.1) is 0 Å². The summed E-state index contributed by atoms with van der Waals surface area (Å²) in [5, 5.41) is 12.0. The molecule has 2 aromatic heterocycles. The molecule has 9 aromatic carbocycles. The van der Waals surface area contributed by atoms with Gasteiger partial charge in [-0.25, -0.2) is 15.0 Å². The normalized spacial score (nSPS) is 11.2. The Kier molecular flexibility index (Phi) is 9.50. The minimum absolute atomic E-state index is 0.521. The van der Waals surface area contributed by atoms with Crippen LogP contribution in [0, 0.1) is 11.3 Å². The zero-order valence-electron chi connectivity index (χ0n) is 34.0. The molecule has 5 nitrogen and oxygen atoms in total. The van der Waals surface area contributed by atoms with Gasteiger partial charge in [-0.2, -0.15) is 5.26 Å². The molecule has 11 aromatic rings. The van der Waals surface area contributed by atoms with Gasteiger partial charge in [0.2, 0.25) is 0 Å². The maximum atomic E-state index is 9.93. The Morgan fingerprint density at radius 3 is 1.33 bits per heavy atom. The van der Waals surface area contributed by atoms with Crippen molar-refractivity contribution in [3.8, 4) is 95.9 Å². The molecule has 0 amide bonds. The van der Waals surface area contributed by atoms with E-state index in [0.717, 1.165) is 88.7 Å². The van der Waals surface area contributed by atoms with Crippen molar-refractivity contribution in [3.05, 3.63) is 224 Å². The second-order valence-electron chi connectivity index (χ2n) is 15.5. The number of nitrogens with zero attached hydrogens (tertiary/aromatic N) is 4. The molecular formula is C58H36N4O. The second-order valence-corrected chi connectivity index (χ2v) is 15.5. The van der Waals surface area contributed by atoms with Crippen molar-refractivity contribution in [1.29, 1.82) is 5.26 Å². The molecular weight excluding hydrogens is 769 g/mol. The van der Waals surface area contributed by atoms with Crippen molar-refractivity contribution in [2.75, 3.05) is 0 Å². The number of benzene rings is 9. The van der Waals surface area contributed by atoms with Crippen LogP contribution in [0.5, 0.6) is 0 Å². The first-order valence-corrected chi connectivity index (χ1v) is 20.9. The molecule has 11 rings (SSSR count). The molecule has 294 valence electrons. The van der Waals surface area contributed by atoms with Crippen molar-refractivity contribution >= 4 is 21.9 Å². The Hall–Kier alpha value is -8.72. The fraction of sp³-hybridized carbons (Fsp3) is 0. The van der Waals surface area contributed by atoms with E-state index in [1.54, 1.807) is 0 Å². The van der Waals surface area contributed by atoms with Gasteiger partial charge in [0.15, 0.2) is 17.5 Å². The maximum Gasteiger partial charge on any atom is 0.164 e. The van der Waals surface area contributed by atoms with Gasteiger partial charge in [-0.05, 0) is 104 Å². The van der Waals surface area contributed by atoms with Gasteiger partial charge in [0.1, 0.15) is 11.2 Å². The average molecular weight is 805 g/mol. The van der Waals surface area contributed by atoms with E-state index in [1.165, 1.54) is 5.56 Å². The summed E-state index contributed by atoms with van der Waals surface area (Å²) in [5.74, 6) is 1.59. The summed E-state index contributed by atoms with van der Waals surface area (Å²) in [6.45, 7) is 0. The van der Waals surface area contributed by atoms with Gasteiger partial charge in [-0.3, -0.25) is 0 Å². The third-order valence-electron chi connectivity index (χ3n) is 11.6. The molecule has 0 aliphatic carbocycles. The molecule has 0 bridgehead atoms. The topological polar surface area (TPSA) is 75.6 Å². The van der Waals surface area contributed by atoms with Gasteiger partial charge < -0.3 is 4.42 Å². The predicted octanol–water partition coefficient (Wildman–Crippen LogP) is 15.0. The van der Waals surface area contributed by atoms with E-state index in [9.17, 15) is 5.26 Å². The van der Waals surface area contributed by atoms with Crippen LogP contribution in [-0.2, 0) is 0 Å². The highest BCUT2D eigenvalue weighted by Crippen LogP contribution is 2.40. The third-order valence-corrected chi connectivity index (χ3v) is 11.6. The fourth-order valence-corrected chi connectivity index (χ4v) is 8.47. The maximum absolute atomic E-state index is 9.93. The Morgan fingerprint density at radius 1 is 0.317 bits per heavy atom. The largest absolute Gasteiger partial charge is 0.456 e. The number of furan rings is 1. The molecule has 0 aliphatic rings. The average Bonchev–Trinajstić information content (AvgIpc) is 3.75. The summed E-state index contributed by atoms with van der Waals surface area (Å²) in [4.78, 5) is 15.4. The van der Waals surface area contributed by atoms with Crippen molar-refractivity contribution in [2.45, 2.75) is 0 Å². The van der Waals surface area contributed by atoms with Crippen LogP contribution in [0.3, 0.4) is 0 Å². The molecule has 0 aliphatic heterocycles. The van der Waals surface area contributed by atoms with E-state index in [0.29, 0.717) is 23.0 Å². The van der Waals surface area contributed by atoms with Crippen LogP contribution in [0.1, 0.15) is 5.56 Å². The summed E-state index contributed by atoms with van der Waals surface area (Å²) < 4.78 is 6.62. The molecule has 0 saturated carbocycles. The number of hydrogen-bond donors (Lipinski definition) is 0. The number of nitriles is 1. The van der Waals surface area contributed by atoms with Gasteiger partial charge >= 0.3 is 0 Å². The van der Waals surface area contributed by atoms with Crippen LogP contribution in [-0.4, -0.2) is 15.0 Å². The monoisotopic (exact) mass is 804 g/mol. The minimum atomic E-state index is 0.521. The Bertz CT molecular complexity index is 3530. The lowest BCUT2D eigenvalue weighted by molar-refractivity contribution is 0.669. The van der Waals surface area contributed by atoms with Crippen molar-refractivity contribution in [3.63, 3.8) is 0 Å². The number of rotatable bonds is 8. The molecule has 0 saturated heterocycles. The number of hydrogen-bond acceptors (Lipinski definition) is 5. The Morgan fingerprint density at radius 2 is 0.730 bits per heavy atom. The van der Waals surface area contributed by atoms with Crippen LogP contribution >= 0.6 is 0 Å². The Balaban J connectivity index is 1.04. The number of fused-ring (bicyclic) bond motifs is 3. The summed E-state index contributed by atoms with van der Waals surface area (Å²) >= 11 is 0. The molecule has 0 spiro atoms.